The molecule has 0 amide bonds. The molecule has 4 heteroatoms. The van der Waals surface area contributed by atoms with Crippen molar-refractivity contribution in [2.45, 2.75) is 38.5 Å². The molecule has 3 nitrogen and oxygen atoms in total. The highest BCUT2D eigenvalue weighted by Gasteiger charge is 2.27. The Labute approximate surface area is 91.1 Å². The lowest BCUT2D eigenvalue weighted by atomic mass is 10.1. The summed E-state index contributed by atoms with van der Waals surface area (Å²) >= 11 is 3.28. The molecule has 1 N–H and O–H groups in total. The number of aromatic nitrogens is 2. The van der Waals surface area contributed by atoms with E-state index >= 15 is 0 Å². The van der Waals surface area contributed by atoms with Crippen LogP contribution in [0.5, 0.6) is 0 Å². The van der Waals surface area contributed by atoms with E-state index in [1.807, 2.05) is 13.8 Å². The van der Waals surface area contributed by atoms with Crippen LogP contribution in [0.15, 0.2) is 9.27 Å². The van der Waals surface area contributed by atoms with Crippen molar-refractivity contribution in [1.82, 2.24) is 9.97 Å². The van der Waals surface area contributed by atoms with Crippen molar-refractivity contribution < 1.29 is 0 Å². The molecule has 0 spiro atoms. The molecule has 0 aromatic carbocycles. The van der Waals surface area contributed by atoms with Crippen LogP contribution >= 0.6 is 15.9 Å². The van der Waals surface area contributed by atoms with Gasteiger partial charge >= 0.3 is 0 Å². The molecule has 2 rings (SSSR count). The van der Waals surface area contributed by atoms with Gasteiger partial charge in [0.25, 0.3) is 5.56 Å². The molecule has 76 valence electrons. The number of nitrogens with one attached hydrogen (secondary N) is 1. The molecule has 1 aromatic heterocycles. The zero-order valence-electron chi connectivity index (χ0n) is 8.30. The molecule has 1 aliphatic carbocycles. The van der Waals surface area contributed by atoms with Gasteiger partial charge in [0, 0.05) is 5.92 Å². The molecule has 0 unspecified atom stereocenters. The van der Waals surface area contributed by atoms with Crippen molar-refractivity contribution >= 4 is 15.9 Å². The monoisotopic (exact) mass is 256 g/mol. The van der Waals surface area contributed by atoms with Crippen molar-refractivity contribution in [3.05, 3.63) is 26.3 Å². The first-order valence-electron chi connectivity index (χ1n) is 4.89. The number of rotatable bonds is 2. The highest BCUT2D eigenvalue weighted by molar-refractivity contribution is 9.10. The lowest BCUT2D eigenvalue weighted by Gasteiger charge is -2.08. The summed E-state index contributed by atoms with van der Waals surface area (Å²) in [6, 6.07) is 0. The van der Waals surface area contributed by atoms with E-state index in [9.17, 15) is 4.79 Å². The Balaban J connectivity index is 2.52. The van der Waals surface area contributed by atoms with E-state index in [1.54, 1.807) is 0 Å². The Bertz CT molecular complexity index is 407. The summed E-state index contributed by atoms with van der Waals surface area (Å²) in [5.74, 6) is 1.64. The number of aromatic amines is 1. The molecule has 1 heterocycles. The zero-order valence-corrected chi connectivity index (χ0v) is 9.89. The van der Waals surface area contributed by atoms with Crippen LogP contribution < -0.4 is 5.56 Å². The summed E-state index contributed by atoms with van der Waals surface area (Å²) in [6.45, 7) is 4.09. The normalized spacial score (nSPS) is 16.3. The standard InChI is InChI=1S/C10H13BrN2O/c1-5(2)8-7(11)10(14)13-9(12-8)6-3-4-6/h5-6H,3-4H2,1-2H3,(H,12,13,14). The van der Waals surface area contributed by atoms with Crippen LogP contribution in [-0.4, -0.2) is 9.97 Å². The first kappa shape index (κ1) is 9.90. The minimum absolute atomic E-state index is 0.0504. The second-order valence-corrected chi connectivity index (χ2v) is 4.87. The molecule has 0 aliphatic heterocycles. The van der Waals surface area contributed by atoms with Crippen molar-refractivity contribution in [3.63, 3.8) is 0 Å². The minimum atomic E-state index is -0.0504. The van der Waals surface area contributed by atoms with Gasteiger partial charge in [-0.1, -0.05) is 13.8 Å². The summed E-state index contributed by atoms with van der Waals surface area (Å²) < 4.78 is 0.580. The number of hydrogen-bond acceptors (Lipinski definition) is 2. The Hall–Kier alpha value is -0.640. The Morgan fingerprint density at radius 1 is 1.50 bits per heavy atom. The average Bonchev–Trinajstić information content (AvgIpc) is 2.91. The Morgan fingerprint density at radius 3 is 2.64 bits per heavy atom. The van der Waals surface area contributed by atoms with Crippen LogP contribution in [0.4, 0.5) is 0 Å². The molecule has 0 bridgehead atoms. The van der Waals surface area contributed by atoms with Crippen LogP contribution in [0.3, 0.4) is 0 Å². The highest BCUT2D eigenvalue weighted by atomic mass is 79.9. The van der Waals surface area contributed by atoms with Gasteiger partial charge in [-0.15, -0.1) is 0 Å². The molecular formula is C10H13BrN2O. The second-order valence-electron chi connectivity index (χ2n) is 4.08. The predicted molar refractivity (Wildman–Crippen MR) is 58.6 cm³/mol. The van der Waals surface area contributed by atoms with E-state index in [0.717, 1.165) is 24.4 Å². The van der Waals surface area contributed by atoms with Crippen molar-refractivity contribution in [1.29, 1.82) is 0 Å². The van der Waals surface area contributed by atoms with E-state index in [2.05, 4.69) is 25.9 Å². The SMILES string of the molecule is CC(C)c1nc(C2CC2)[nH]c(=O)c1Br. The predicted octanol–water partition coefficient (Wildman–Crippen LogP) is 2.53. The first-order valence-corrected chi connectivity index (χ1v) is 5.68. The van der Waals surface area contributed by atoms with Crippen LogP contribution in [0, 0.1) is 0 Å². The largest absolute Gasteiger partial charge is 0.309 e. The maximum absolute atomic E-state index is 11.6. The van der Waals surface area contributed by atoms with Gasteiger partial charge in [0.2, 0.25) is 0 Å². The third kappa shape index (κ3) is 1.75. The molecule has 0 saturated heterocycles. The van der Waals surface area contributed by atoms with Gasteiger partial charge in [0.15, 0.2) is 0 Å². The van der Waals surface area contributed by atoms with Crippen molar-refractivity contribution in [2.24, 2.45) is 0 Å². The van der Waals surface area contributed by atoms with Crippen molar-refractivity contribution in [2.75, 3.05) is 0 Å². The van der Waals surface area contributed by atoms with Gasteiger partial charge in [-0.2, -0.15) is 0 Å². The lowest BCUT2D eigenvalue weighted by Crippen LogP contribution is -2.15. The maximum Gasteiger partial charge on any atom is 0.265 e. The fourth-order valence-electron chi connectivity index (χ4n) is 1.43. The zero-order chi connectivity index (χ0) is 10.3. The topological polar surface area (TPSA) is 45.8 Å². The molecule has 1 fully saturated rings. The van der Waals surface area contributed by atoms with E-state index in [-0.39, 0.29) is 11.5 Å². The fraction of sp³-hybridized carbons (Fsp3) is 0.600. The van der Waals surface area contributed by atoms with Crippen LogP contribution in [0.25, 0.3) is 0 Å². The van der Waals surface area contributed by atoms with E-state index in [0.29, 0.717) is 10.4 Å². The molecule has 0 radical (unpaired) electrons. The summed E-state index contributed by atoms with van der Waals surface area (Å²) in [5, 5.41) is 0. The maximum atomic E-state index is 11.6. The molecular weight excluding hydrogens is 244 g/mol. The summed E-state index contributed by atoms with van der Waals surface area (Å²) in [7, 11) is 0. The molecule has 1 aromatic rings. The summed E-state index contributed by atoms with van der Waals surface area (Å²) in [4.78, 5) is 18.9. The van der Waals surface area contributed by atoms with Crippen LogP contribution in [0.2, 0.25) is 0 Å². The summed E-state index contributed by atoms with van der Waals surface area (Å²) in [6.07, 6.45) is 2.31. The van der Waals surface area contributed by atoms with Crippen LogP contribution in [-0.2, 0) is 0 Å². The minimum Gasteiger partial charge on any atom is -0.309 e. The van der Waals surface area contributed by atoms with Crippen LogP contribution in [0.1, 0.15) is 50.0 Å². The molecule has 1 saturated carbocycles. The number of hydrogen-bond donors (Lipinski definition) is 1. The average molecular weight is 257 g/mol. The molecule has 0 atom stereocenters. The number of nitrogens with zero attached hydrogens (tertiary/aromatic N) is 1. The van der Waals surface area contributed by atoms with Gasteiger partial charge in [-0.05, 0) is 34.7 Å². The first-order chi connectivity index (χ1) is 6.59. The van der Waals surface area contributed by atoms with Gasteiger partial charge < -0.3 is 4.98 Å². The number of halogens is 1. The van der Waals surface area contributed by atoms with Gasteiger partial charge in [-0.3, -0.25) is 4.79 Å². The quantitative estimate of drug-likeness (QED) is 0.884. The van der Waals surface area contributed by atoms with Gasteiger partial charge in [0.1, 0.15) is 10.3 Å². The third-order valence-corrected chi connectivity index (χ3v) is 3.18. The lowest BCUT2D eigenvalue weighted by molar-refractivity contribution is 0.767. The third-order valence-electron chi connectivity index (χ3n) is 2.42. The second kappa shape index (κ2) is 3.50. The highest BCUT2D eigenvalue weighted by Crippen LogP contribution is 2.38. The molecule has 1 aliphatic rings. The fourth-order valence-corrected chi connectivity index (χ4v) is 2.07. The Morgan fingerprint density at radius 2 is 2.14 bits per heavy atom. The number of H-pyrrole nitrogens is 1. The van der Waals surface area contributed by atoms with Gasteiger partial charge in [0.05, 0.1) is 5.69 Å². The molecule has 14 heavy (non-hydrogen) atoms. The van der Waals surface area contributed by atoms with E-state index in [1.165, 1.54) is 0 Å². The van der Waals surface area contributed by atoms with Gasteiger partial charge in [-0.25, -0.2) is 4.98 Å². The van der Waals surface area contributed by atoms with Crippen molar-refractivity contribution in [3.8, 4) is 0 Å². The van der Waals surface area contributed by atoms with E-state index in [4.69, 9.17) is 0 Å². The smallest absolute Gasteiger partial charge is 0.265 e. The van der Waals surface area contributed by atoms with E-state index < -0.39 is 0 Å². The summed E-state index contributed by atoms with van der Waals surface area (Å²) in [5.41, 5.74) is 0.821. The Kier molecular flexibility index (Phi) is 2.47.